The molecule has 88 valence electrons. The van der Waals surface area contributed by atoms with Crippen LogP contribution in [0.15, 0.2) is 0 Å². The van der Waals surface area contributed by atoms with Crippen molar-refractivity contribution in [1.29, 1.82) is 0 Å². The smallest absolute Gasteiger partial charge is 0.0945 e. The van der Waals surface area contributed by atoms with E-state index in [1.807, 2.05) is 0 Å². The molecule has 0 heterocycles. The van der Waals surface area contributed by atoms with Crippen molar-refractivity contribution < 1.29 is 17.4 Å². The maximum absolute atomic E-state index is 11.6. The predicted molar refractivity (Wildman–Crippen MR) is 54.2 cm³/mol. The molecule has 0 fully saturated rings. The molecule has 4 N–H and O–H groups in total. The van der Waals surface area contributed by atoms with Gasteiger partial charge >= 0.3 is 0 Å². The van der Waals surface area contributed by atoms with Gasteiger partial charge in [0.2, 0.25) is 0 Å². The lowest BCUT2D eigenvalue weighted by Gasteiger charge is -2.05. The van der Waals surface area contributed by atoms with Crippen molar-refractivity contribution in [1.82, 2.24) is 6.15 Å². The Morgan fingerprint density at radius 2 is 1.36 bits per heavy atom. The summed E-state index contributed by atoms with van der Waals surface area (Å²) in [5.41, 5.74) is 0. The molecular weight excluding hydrogens is 209 g/mol. The fourth-order valence-electron chi connectivity index (χ4n) is 1.08. The van der Waals surface area contributed by atoms with E-state index in [4.69, 9.17) is 0 Å². The summed E-state index contributed by atoms with van der Waals surface area (Å²) >= 11 is 0. The van der Waals surface area contributed by atoms with Crippen molar-refractivity contribution in [3.05, 3.63) is 0 Å². The van der Waals surface area contributed by atoms with Gasteiger partial charge in [-0.25, -0.2) is 8.42 Å². The van der Waals surface area contributed by atoms with Crippen LogP contribution in [0, 0.1) is 0 Å². The molecule has 0 aromatic heterocycles. The minimum absolute atomic E-state index is 0. The highest BCUT2D eigenvalue weighted by Crippen LogP contribution is 2.06. The van der Waals surface area contributed by atoms with Crippen LogP contribution in [0.4, 0.5) is 4.39 Å². The summed E-state index contributed by atoms with van der Waals surface area (Å²) in [6.07, 6.45) is 4.41. The van der Waals surface area contributed by atoms with Crippen molar-refractivity contribution in [3.63, 3.8) is 0 Å². The average molecular weight is 229 g/mol. The van der Waals surface area contributed by atoms with Gasteiger partial charge in [0, 0.05) is 5.75 Å². The van der Waals surface area contributed by atoms with Crippen LogP contribution in [0.1, 0.15) is 38.5 Å². The quantitative estimate of drug-likeness (QED) is 0.510. The molecule has 0 saturated heterocycles. The summed E-state index contributed by atoms with van der Waals surface area (Å²) in [7, 11) is -4.03. The van der Waals surface area contributed by atoms with E-state index in [-0.39, 0.29) is 18.6 Å². The molecule has 0 atom stereocenters. The highest BCUT2D eigenvalue weighted by Gasteiger charge is 1.95. The fraction of sp³-hybridized carbons (Fsp3) is 1.00. The fourth-order valence-corrected chi connectivity index (χ4v) is 1.64. The molecule has 0 aliphatic carbocycles. The second kappa shape index (κ2) is 9.36. The zero-order valence-electron chi connectivity index (χ0n) is 8.67. The lowest BCUT2D eigenvalue weighted by Crippen LogP contribution is -2.03. The van der Waals surface area contributed by atoms with Crippen LogP contribution >= 0.6 is 0 Å². The molecule has 0 aromatic carbocycles. The van der Waals surface area contributed by atoms with Crippen LogP contribution in [0.3, 0.4) is 0 Å². The summed E-state index contributed by atoms with van der Waals surface area (Å²) in [4.78, 5) is 0. The molecule has 0 aliphatic heterocycles. The monoisotopic (exact) mass is 229 g/mol. The van der Waals surface area contributed by atoms with Gasteiger partial charge in [-0.05, 0) is 12.8 Å². The van der Waals surface area contributed by atoms with E-state index in [9.17, 15) is 17.4 Å². The van der Waals surface area contributed by atoms with E-state index in [0.717, 1.165) is 25.7 Å². The van der Waals surface area contributed by atoms with Gasteiger partial charge < -0.3 is 10.7 Å². The molecule has 0 spiro atoms. The van der Waals surface area contributed by atoms with Crippen LogP contribution in [0.5, 0.6) is 0 Å². The van der Waals surface area contributed by atoms with Gasteiger partial charge in [0.15, 0.2) is 0 Å². The molecule has 0 rings (SSSR count). The third-order valence-electron chi connectivity index (χ3n) is 1.78. The number of unbranched alkanes of at least 4 members (excludes halogenated alkanes) is 5. The van der Waals surface area contributed by atoms with Gasteiger partial charge in [-0.1, -0.05) is 25.7 Å². The number of hydrogen-bond acceptors (Lipinski definition) is 3. The summed E-state index contributed by atoms with van der Waals surface area (Å²) in [5, 5.41) is 0. The van der Waals surface area contributed by atoms with Crippen LogP contribution in [-0.2, 0) is 10.1 Å². The molecule has 0 aliphatic rings. The Morgan fingerprint density at radius 3 is 1.79 bits per heavy atom. The maximum atomic E-state index is 11.6. The molecule has 6 heteroatoms. The van der Waals surface area contributed by atoms with Gasteiger partial charge in [0.1, 0.15) is 0 Å². The second-order valence-corrected chi connectivity index (χ2v) is 4.60. The van der Waals surface area contributed by atoms with E-state index >= 15 is 0 Å². The largest absolute Gasteiger partial charge is 0.748 e. The molecular formula is C8H20FNO3S. The van der Waals surface area contributed by atoms with Crippen LogP contribution in [-0.4, -0.2) is 25.4 Å². The Morgan fingerprint density at radius 1 is 0.929 bits per heavy atom. The minimum Gasteiger partial charge on any atom is -0.748 e. The van der Waals surface area contributed by atoms with E-state index in [1.165, 1.54) is 0 Å². The summed E-state index contributed by atoms with van der Waals surface area (Å²) < 4.78 is 42.1. The molecule has 14 heavy (non-hydrogen) atoms. The van der Waals surface area contributed by atoms with Gasteiger partial charge in [0.05, 0.1) is 16.8 Å². The molecule has 0 unspecified atom stereocenters. The van der Waals surface area contributed by atoms with Gasteiger partial charge in [-0.15, -0.1) is 0 Å². The van der Waals surface area contributed by atoms with E-state index < -0.39 is 10.1 Å². The predicted octanol–water partition coefficient (Wildman–Crippen LogP) is 2.22. The van der Waals surface area contributed by atoms with Crippen molar-refractivity contribution in [2.75, 3.05) is 12.4 Å². The van der Waals surface area contributed by atoms with Crippen LogP contribution in [0.2, 0.25) is 0 Å². The van der Waals surface area contributed by atoms with Crippen molar-refractivity contribution in [2.24, 2.45) is 0 Å². The number of rotatable bonds is 8. The molecule has 0 radical (unpaired) electrons. The first-order valence-electron chi connectivity index (χ1n) is 4.56. The molecule has 0 saturated carbocycles. The van der Waals surface area contributed by atoms with E-state index in [2.05, 4.69) is 0 Å². The van der Waals surface area contributed by atoms with Crippen LogP contribution in [0.25, 0.3) is 0 Å². The molecule has 0 aromatic rings. The first-order chi connectivity index (χ1) is 6.06. The van der Waals surface area contributed by atoms with Crippen molar-refractivity contribution in [2.45, 2.75) is 38.5 Å². The highest BCUT2D eigenvalue weighted by molar-refractivity contribution is 7.85. The molecule has 4 nitrogen and oxygen atoms in total. The number of quaternary nitrogens is 1. The van der Waals surface area contributed by atoms with Crippen molar-refractivity contribution in [3.8, 4) is 0 Å². The van der Waals surface area contributed by atoms with Crippen molar-refractivity contribution >= 4 is 10.1 Å². The molecule has 0 amide bonds. The lowest BCUT2D eigenvalue weighted by atomic mass is 10.1. The summed E-state index contributed by atoms with van der Waals surface area (Å²) in [5.74, 6) is -0.268. The second-order valence-electron chi connectivity index (χ2n) is 3.07. The summed E-state index contributed by atoms with van der Waals surface area (Å²) in [6, 6.07) is 0. The van der Waals surface area contributed by atoms with Crippen LogP contribution < -0.4 is 6.15 Å². The number of alkyl halides is 1. The first-order valence-corrected chi connectivity index (χ1v) is 6.13. The number of hydrogen-bond donors (Lipinski definition) is 1. The Kier molecular flexibility index (Phi) is 10.9. The highest BCUT2D eigenvalue weighted by atomic mass is 32.2. The third kappa shape index (κ3) is 14.3. The van der Waals surface area contributed by atoms with E-state index in [1.54, 1.807) is 0 Å². The minimum atomic E-state index is -4.03. The average Bonchev–Trinajstić information content (AvgIpc) is 2.01. The lowest BCUT2D eigenvalue weighted by molar-refractivity contribution is 0.448. The number of halogens is 1. The van der Waals surface area contributed by atoms with Gasteiger partial charge in [-0.2, -0.15) is 0 Å². The third-order valence-corrected chi connectivity index (χ3v) is 2.57. The summed E-state index contributed by atoms with van der Waals surface area (Å²) in [6.45, 7) is -0.283. The van der Waals surface area contributed by atoms with E-state index in [0.29, 0.717) is 12.8 Å². The normalized spacial score (nSPS) is 11.0. The van der Waals surface area contributed by atoms with Gasteiger partial charge in [0.25, 0.3) is 0 Å². The maximum Gasteiger partial charge on any atom is 0.0945 e. The Balaban J connectivity index is 0. The zero-order valence-corrected chi connectivity index (χ0v) is 9.48. The Hall–Kier alpha value is -0.200. The molecule has 0 bridgehead atoms. The SMILES string of the molecule is O=S(=O)([O-])CCCCCCCCF.[NH4+]. The Bertz CT molecular complexity index is 207. The topological polar surface area (TPSA) is 93.7 Å². The first kappa shape index (κ1) is 16.2. The zero-order chi connectivity index (χ0) is 10.2. The van der Waals surface area contributed by atoms with Gasteiger partial charge in [-0.3, -0.25) is 4.39 Å². The standard InChI is InChI=1S/C8H17FO3S.H3N/c9-7-5-3-1-2-4-6-8-13(10,11)12;/h1-8H2,(H,10,11,12);1H3. The Labute approximate surface area is 85.2 Å².